The van der Waals surface area contributed by atoms with Gasteiger partial charge in [0.25, 0.3) is 0 Å². The quantitative estimate of drug-likeness (QED) is 0.636. The molecular weight excluding hydrogens is 176 g/mol. The van der Waals surface area contributed by atoms with E-state index in [4.69, 9.17) is 4.74 Å². The van der Waals surface area contributed by atoms with E-state index in [1.54, 1.807) is 0 Å². The number of ether oxygens (including phenoxy) is 1. The zero-order valence-corrected chi connectivity index (χ0v) is 10.4. The molecule has 0 aliphatic heterocycles. The monoisotopic (exact) mass is 200 g/mol. The standard InChI is InChI=1S/C12H24O2/c1-9(2)7-8-12(5,6)11(13)14-10(3)4/h9-10H,7-8H2,1-6H3. The molecule has 0 radical (unpaired) electrons. The van der Waals surface area contributed by atoms with Crippen LogP contribution in [0.15, 0.2) is 0 Å². The molecule has 2 heteroatoms. The van der Waals surface area contributed by atoms with Crippen molar-refractivity contribution in [2.45, 2.75) is 60.5 Å². The van der Waals surface area contributed by atoms with E-state index in [0.717, 1.165) is 12.8 Å². The summed E-state index contributed by atoms with van der Waals surface area (Å²) >= 11 is 0. The molecular formula is C12H24O2. The predicted molar refractivity (Wildman–Crippen MR) is 59.1 cm³/mol. The maximum atomic E-state index is 11.7. The molecule has 0 bridgehead atoms. The van der Waals surface area contributed by atoms with Gasteiger partial charge in [-0.05, 0) is 46.5 Å². The summed E-state index contributed by atoms with van der Waals surface area (Å²) in [4.78, 5) is 11.7. The lowest BCUT2D eigenvalue weighted by molar-refractivity contribution is -0.158. The molecule has 0 aromatic carbocycles. The summed E-state index contributed by atoms with van der Waals surface area (Å²) in [5.74, 6) is 0.564. The number of carbonyl (C=O) groups excluding carboxylic acids is 1. The lowest BCUT2D eigenvalue weighted by Crippen LogP contribution is -2.29. The van der Waals surface area contributed by atoms with Crippen LogP contribution in [0.4, 0.5) is 0 Å². The van der Waals surface area contributed by atoms with Gasteiger partial charge in [0.1, 0.15) is 0 Å². The molecule has 0 rings (SSSR count). The number of esters is 1. The first kappa shape index (κ1) is 13.5. The second-order valence-corrected chi connectivity index (χ2v) is 5.27. The highest BCUT2D eigenvalue weighted by Gasteiger charge is 2.29. The van der Waals surface area contributed by atoms with Crippen LogP contribution < -0.4 is 0 Å². The fourth-order valence-corrected chi connectivity index (χ4v) is 1.13. The topological polar surface area (TPSA) is 26.3 Å². The Labute approximate surface area is 88.0 Å². The van der Waals surface area contributed by atoms with Crippen molar-refractivity contribution in [3.63, 3.8) is 0 Å². The van der Waals surface area contributed by atoms with E-state index in [9.17, 15) is 4.79 Å². The minimum atomic E-state index is -0.339. The number of rotatable bonds is 5. The fraction of sp³-hybridized carbons (Fsp3) is 0.917. The summed E-state index contributed by atoms with van der Waals surface area (Å²) in [5.41, 5.74) is -0.339. The molecule has 0 amide bonds. The molecule has 2 nitrogen and oxygen atoms in total. The van der Waals surface area contributed by atoms with Crippen LogP contribution in [0.5, 0.6) is 0 Å². The van der Waals surface area contributed by atoms with Gasteiger partial charge in [-0.1, -0.05) is 13.8 Å². The van der Waals surface area contributed by atoms with Crippen LogP contribution in [0.3, 0.4) is 0 Å². The maximum absolute atomic E-state index is 11.7. The van der Waals surface area contributed by atoms with E-state index in [0.29, 0.717) is 5.92 Å². The highest BCUT2D eigenvalue weighted by atomic mass is 16.5. The van der Waals surface area contributed by atoms with E-state index < -0.39 is 0 Å². The molecule has 0 saturated heterocycles. The van der Waals surface area contributed by atoms with Crippen LogP contribution in [0, 0.1) is 11.3 Å². The van der Waals surface area contributed by atoms with Crippen LogP contribution in [0.2, 0.25) is 0 Å². The Kier molecular flexibility index (Phi) is 5.17. The van der Waals surface area contributed by atoms with Gasteiger partial charge in [-0.2, -0.15) is 0 Å². The van der Waals surface area contributed by atoms with Crippen LogP contribution in [0.1, 0.15) is 54.4 Å². The molecule has 0 saturated carbocycles. The molecule has 0 atom stereocenters. The van der Waals surface area contributed by atoms with E-state index in [1.807, 2.05) is 27.7 Å². The Balaban J connectivity index is 4.09. The van der Waals surface area contributed by atoms with Crippen molar-refractivity contribution in [2.24, 2.45) is 11.3 Å². The van der Waals surface area contributed by atoms with Crippen molar-refractivity contribution in [1.82, 2.24) is 0 Å². The van der Waals surface area contributed by atoms with Gasteiger partial charge in [0.05, 0.1) is 11.5 Å². The van der Waals surface area contributed by atoms with Crippen LogP contribution in [-0.2, 0) is 9.53 Å². The zero-order valence-electron chi connectivity index (χ0n) is 10.4. The van der Waals surface area contributed by atoms with Gasteiger partial charge in [0.15, 0.2) is 0 Å². The van der Waals surface area contributed by atoms with Crippen LogP contribution in [-0.4, -0.2) is 12.1 Å². The smallest absolute Gasteiger partial charge is 0.311 e. The minimum absolute atomic E-state index is 0.0131. The van der Waals surface area contributed by atoms with Gasteiger partial charge in [-0.25, -0.2) is 0 Å². The van der Waals surface area contributed by atoms with Gasteiger partial charge in [-0.3, -0.25) is 4.79 Å². The van der Waals surface area contributed by atoms with Gasteiger partial charge in [0.2, 0.25) is 0 Å². The Morgan fingerprint density at radius 3 is 2.07 bits per heavy atom. The van der Waals surface area contributed by atoms with Gasteiger partial charge >= 0.3 is 5.97 Å². The lowest BCUT2D eigenvalue weighted by atomic mass is 9.85. The maximum Gasteiger partial charge on any atom is 0.311 e. The summed E-state index contributed by atoms with van der Waals surface area (Å²) in [7, 11) is 0. The highest BCUT2D eigenvalue weighted by molar-refractivity contribution is 5.75. The Hall–Kier alpha value is -0.530. The van der Waals surface area contributed by atoms with Gasteiger partial charge in [0, 0.05) is 0 Å². The molecule has 0 heterocycles. The van der Waals surface area contributed by atoms with Crippen molar-refractivity contribution in [1.29, 1.82) is 0 Å². The predicted octanol–water partition coefficient (Wildman–Crippen LogP) is 3.40. The average Bonchev–Trinajstić information content (AvgIpc) is 1.99. The fourth-order valence-electron chi connectivity index (χ4n) is 1.13. The second-order valence-electron chi connectivity index (χ2n) is 5.27. The molecule has 0 aliphatic rings. The minimum Gasteiger partial charge on any atom is -0.463 e. The molecule has 0 spiro atoms. The average molecular weight is 200 g/mol. The molecule has 0 N–H and O–H groups in total. The third-order valence-corrected chi connectivity index (χ3v) is 2.24. The molecule has 0 unspecified atom stereocenters. The first-order valence-electron chi connectivity index (χ1n) is 5.47. The molecule has 0 fully saturated rings. The zero-order chi connectivity index (χ0) is 11.4. The van der Waals surface area contributed by atoms with E-state index in [2.05, 4.69) is 13.8 Å². The molecule has 0 aromatic heterocycles. The third-order valence-electron chi connectivity index (χ3n) is 2.24. The molecule has 84 valence electrons. The normalized spacial score (nSPS) is 12.3. The molecule has 0 aliphatic carbocycles. The largest absolute Gasteiger partial charge is 0.463 e. The second kappa shape index (κ2) is 5.38. The first-order chi connectivity index (χ1) is 6.25. The van der Waals surface area contributed by atoms with E-state index >= 15 is 0 Å². The SMILES string of the molecule is CC(C)CCC(C)(C)C(=O)OC(C)C. The summed E-state index contributed by atoms with van der Waals surface area (Å²) in [6, 6.07) is 0. The van der Waals surface area contributed by atoms with Crippen molar-refractivity contribution >= 4 is 5.97 Å². The van der Waals surface area contributed by atoms with Crippen molar-refractivity contribution < 1.29 is 9.53 Å². The van der Waals surface area contributed by atoms with Crippen molar-refractivity contribution in [2.75, 3.05) is 0 Å². The third kappa shape index (κ3) is 5.25. The Bertz CT molecular complexity index is 181. The molecule has 0 aromatic rings. The van der Waals surface area contributed by atoms with E-state index in [-0.39, 0.29) is 17.5 Å². The summed E-state index contributed by atoms with van der Waals surface area (Å²) in [6.07, 6.45) is 1.96. The summed E-state index contributed by atoms with van der Waals surface area (Å²) in [5, 5.41) is 0. The number of carbonyl (C=O) groups is 1. The summed E-state index contributed by atoms with van der Waals surface area (Å²) in [6.45, 7) is 12.0. The van der Waals surface area contributed by atoms with Crippen LogP contribution >= 0.6 is 0 Å². The molecule has 14 heavy (non-hydrogen) atoms. The Morgan fingerprint density at radius 1 is 1.21 bits per heavy atom. The number of hydrogen-bond acceptors (Lipinski definition) is 2. The number of hydrogen-bond donors (Lipinski definition) is 0. The van der Waals surface area contributed by atoms with Gasteiger partial charge in [-0.15, -0.1) is 0 Å². The van der Waals surface area contributed by atoms with Crippen molar-refractivity contribution in [3.8, 4) is 0 Å². The lowest BCUT2D eigenvalue weighted by Gasteiger charge is -2.24. The first-order valence-corrected chi connectivity index (χ1v) is 5.47. The van der Waals surface area contributed by atoms with Gasteiger partial charge < -0.3 is 4.74 Å². The van der Waals surface area contributed by atoms with Crippen molar-refractivity contribution in [3.05, 3.63) is 0 Å². The summed E-state index contributed by atoms with van der Waals surface area (Å²) < 4.78 is 5.21. The van der Waals surface area contributed by atoms with Crippen LogP contribution in [0.25, 0.3) is 0 Å². The highest BCUT2D eigenvalue weighted by Crippen LogP contribution is 2.26. The Morgan fingerprint density at radius 2 is 1.71 bits per heavy atom. The van der Waals surface area contributed by atoms with E-state index in [1.165, 1.54) is 0 Å².